The van der Waals surface area contributed by atoms with Crippen LogP contribution in [0.4, 0.5) is 13.2 Å². The van der Waals surface area contributed by atoms with Gasteiger partial charge >= 0.3 is 6.18 Å². The fourth-order valence-electron chi connectivity index (χ4n) is 2.40. The van der Waals surface area contributed by atoms with Crippen molar-refractivity contribution in [3.63, 3.8) is 0 Å². The van der Waals surface area contributed by atoms with Gasteiger partial charge in [0.15, 0.2) is 0 Å². The van der Waals surface area contributed by atoms with E-state index >= 15 is 0 Å². The van der Waals surface area contributed by atoms with Gasteiger partial charge in [0, 0.05) is 18.0 Å². The van der Waals surface area contributed by atoms with Gasteiger partial charge in [-0.1, -0.05) is 0 Å². The molecule has 1 saturated heterocycles. The first-order valence-electron chi connectivity index (χ1n) is 5.02. The van der Waals surface area contributed by atoms with Crippen molar-refractivity contribution in [2.45, 2.75) is 43.2 Å². The number of alkyl halides is 3. The average molecular weight is 225 g/mol. The van der Waals surface area contributed by atoms with Gasteiger partial charge in [-0.15, -0.1) is 0 Å². The maximum absolute atomic E-state index is 12.3. The standard InChI is InChI=1S/C9H14F3NO2/c10-9(11,12)3-5-7(15)6(14)4-13-8(5)1-2-8/h5-7,13-15H,1-4H2/t5-,6-,7-/m1/s1. The van der Waals surface area contributed by atoms with E-state index in [0.29, 0.717) is 12.8 Å². The second-order valence-electron chi connectivity index (χ2n) is 4.52. The van der Waals surface area contributed by atoms with Gasteiger partial charge in [0.2, 0.25) is 0 Å². The van der Waals surface area contributed by atoms with Crippen molar-refractivity contribution in [3.8, 4) is 0 Å². The third-order valence-electron chi connectivity index (χ3n) is 3.42. The molecule has 0 amide bonds. The van der Waals surface area contributed by atoms with Crippen LogP contribution in [0.3, 0.4) is 0 Å². The summed E-state index contributed by atoms with van der Waals surface area (Å²) in [6, 6.07) is 0. The van der Waals surface area contributed by atoms with Gasteiger partial charge < -0.3 is 15.5 Å². The molecular formula is C9H14F3NO2. The Hall–Kier alpha value is -0.330. The van der Waals surface area contributed by atoms with Crippen LogP contribution in [0, 0.1) is 5.92 Å². The molecule has 0 radical (unpaired) electrons. The molecule has 0 aromatic carbocycles. The van der Waals surface area contributed by atoms with Gasteiger partial charge in [-0.3, -0.25) is 0 Å². The Kier molecular flexibility index (Phi) is 2.48. The van der Waals surface area contributed by atoms with Gasteiger partial charge in [-0.25, -0.2) is 0 Å². The Morgan fingerprint density at radius 1 is 1.27 bits per heavy atom. The zero-order valence-corrected chi connectivity index (χ0v) is 8.09. The number of rotatable bonds is 1. The van der Waals surface area contributed by atoms with Crippen LogP contribution in [0.1, 0.15) is 19.3 Å². The quantitative estimate of drug-likeness (QED) is 0.606. The van der Waals surface area contributed by atoms with Gasteiger partial charge in [-0.2, -0.15) is 13.2 Å². The van der Waals surface area contributed by atoms with Crippen LogP contribution in [0.25, 0.3) is 0 Å². The molecular weight excluding hydrogens is 211 g/mol. The zero-order valence-electron chi connectivity index (χ0n) is 8.09. The molecule has 2 aliphatic rings. The zero-order chi connectivity index (χ0) is 11.3. The van der Waals surface area contributed by atoms with Gasteiger partial charge in [0.1, 0.15) is 0 Å². The summed E-state index contributed by atoms with van der Waals surface area (Å²) in [7, 11) is 0. The average Bonchev–Trinajstić information content (AvgIpc) is 2.86. The van der Waals surface area contributed by atoms with E-state index in [1.807, 2.05) is 0 Å². The van der Waals surface area contributed by atoms with Gasteiger partial charge in [-0.05, 0) is 12.8 Å². The predicted octanol–water partition coefficient (Wildman–Crippen LogP) is 0.413. The number of β-amino-alcohol motifs (C(OH)–C–C–N with tert-alkyl or cyclic N) is 1. The van der Waals surface area contributed by atoms with Crippen LogP contribution >= 0.6 is 0 Å². The lowest BCUT2D eigenvalue weighted by Gasteiger charge is -2.40. The summed E-state index contributed by atoms with van der Waals surface area (Å²) in [5.74, 6) is -0.916. The predicted molar refractivity (Wildman–Crippen MR) is 46.1 cm³/mol. The number of piperidine rings is 1. The molecule has 15 heavy (non-hydrogen) atoms. The van der Waals surface area contributed by atoms with Crippen molar-refractivity contribution < 1.29 is 23.4 Å². The third kappa shape index (κ3) is 2.11. The van der Waals surface area contributed by atoms with E-state index in [0.717, 1.165) is 0 Å². The number of hydrogen-bond donors (Lipinski definition) is 3. The molecule has 1 spiro atoms. The van der Waals surface area contributed by atoms with E-state index in [1.54, 1.807) is 0 Å². The molecule has 2 rings (SSSR count). The normalized spacial score (nSPS) is 39.4. The highest BCUT2D eigenvalue weighted by Gasteiger charge is 2.58. The number of hydrogen-bond acceptors (Lipinski definition) is 3. The van der Waals surface area contributed by atoms with E-state index in [2.05, 4.69) is 5.32 Å². The Labute approximate surface area is 85.3 Å². The van der Waals surface area contributed by atoms with Crippen LogP contribution in [-0.2, 0) is 0 Å². The number of nitrogens with one attached hydrogen (secondary N) is 1. The molecule has 1 heterocycles. The van der Waals surface area contributed by atoms with Crippen LogP contribution in [0.2, 0.25) is 0 Å². The Morgan fingerprint density at radius 3 is 2.33 bits per heavy atom. The molecule has 2 fully saturated rings. The van der Waals surface area contributed by atoms with Gasteiger partial charge in [0.05, 0.1) is 18.6 Å². The lowest BCUT2D eigenvalue weighted by atomic mass is 9.82. The lowest BCUT2D eigenvalue weighted by Crippen LogP contribution is -2.58. The van der Waals surface area contributed by atoms with E-state index in [-0.39, 0.29) is 6.54 Å². The molecule has 0 unspecified atom stereocenters. The molecule has 3 nitrogen and oxygen atoms in total. The van der Waals surface area contributed by atoms with Crippen molar-refractivity contribution in [1.29, 1.82) is 0 Å². The first-order valence-corrected chi connectivity index (χ1v) is 5.02. The van der Waals surface area contributed by atoms with Crippen molar-refractivity contribution in [1.82, 2.24) is 5.32 Å². The summed E-state index contributed by atoms with van der Waals surface area (Å²) in [5, 5.41) is 21.8. The summed E-state index contributed by atoms with van der Waals surface area (Å²) in [5.41, 5.74) is -0.575. The second kappa shape index (κ2) is 3.33. The number of halogens is 3. The number of aliphatic hydroxyl groups is 2. The Morgan fingerprint density at radius 2 is 1.87 bits per heavy atom. The molecule has 1 aliphatic heterocycles. The summed E-state index contributed by atoms with van der Waals surface area (Å²) in [6.45, 7) is 0.176. The van der Waals surface area contributed by atoms with Crippen molar-refractivity contribution in [2.75, 3.05) is 6.54 Å². The maximum Gasteiger partial charge on any atom is 0.389 e. The van der Waals surface area contributed by atoms with E-state index in [1.165, 1.54) is 0 Å². The molecule has 88 valence electrons. The van der Waals surface area contributed by atoms with E-state index < -0.39 is 36.3 Å². The van der Waals surface area contributed by atoms with Crippen LogP contribution in [0.15, 0.2) is 0 Å². The number of aliphatic hydroxyl groups excluding tert-OH is 2. The topological polar surface area (TPSA) is 52.5 Å². The maximum atomic E-state index is 12.3. The summed E-state index contributed by atoms with van der Waals surface area (Å²) in [4.78, 5) is 0. The van der Waals surface area contributed by atoms with Crippen LogP contribution in [0.5, 0.6) is 0 Å². The summed E-state index contributed by atoms with van der Waals surface area (Å²) in [6.07, 6.45) is -6.38. The Balaban J connectivity index is 2.10. The molecule has 6 heteroatoms. The van der Waals surface area contributed by atoms with E-state index in [9.17, 15) is 23.4 Å². The van der Waals surface area contributed by atoms with E-state index in [4.69, 9.17) is 0 Å². The minimum Gasteiger partial charge on any atom is -0.390 e. The highest BCUT2D eigenvalue weighted by atomic mass is 19.4. The summed E-state index contributed by atoms with van der Waals surface area (Å²) >= 11 is 0. The first-order chi connectivity index (χ1) is 6.84. The van der Waals surface area contributed by atoms with Crippen LogP contribution < -0.4 is 5.32 Å². The molecule has 1 saturated carbocycles. The molecule has 3 N–H and O–H groups in total. The first kappa shape index (κ1) is 11.2. The highest BCUT2D eigenvalue weighted by molar-refractivity contribution is 5.13. The lowest BCUT2D eigenvalue weighted by molar-refractivity contribution is -0.170. The molecule has 3 atom stereocenters. The minimum atomic E-state index is -4.29. The third-order valence-corrected chi connectivity index (χ3v) is 3.42. The second-order valence-corrected chi connectivity index (χ2v) is 4.52. The highest BCUT2D eigenvalue weighted by Crippen LogP contribution is 2.50. The van der Waals surface area contributed by atoms with Crippen molar-refractivity contribution in [2.24, 2.45) is 5.92 Å². The van der Waals surface area contributed by atoms with Crippen molar-refractivity contribution >= 4 is 0 Å². The largest absolute Gasteiger partial charge is 0.390 e. The fraction of sp³-hybridized carbons (Fsp3) is 1.00. The van der Waals surface area contributed by atoms with Crippen molar-refractivity contribution in [3.05, 3.63) is 0 Å². The van der Waals surface area contributed by atoms with Crippen LogP contribution in [-0.4, -0.2) is 40.7 Å². The monoisotopic (exact) mass is 225 g/mol. The molecule has 0 aromatic heterocycles. The molecule has 1 aliphatic carbocycles. The Bertz CT molecular complexity index is 252. The SMILES string of the molecule is O[C@H]1[C@H](O)CNC2(CC2)[C@@H]1CC(F)(F)F. The molecule has 0 aromatic rings. The van der Waals surface area contributed by atoms with Gasteiger partial charge in [0.25, 0.3) is 0 Å². The molecule has 0 bridgehead atoms. The fourth-order valence-corrected chi connectivity index (χ4v) is 2.40. The summed E-state index contributed by atoms with van der Waals surface area (Å²) < 4.78 is 36.9. The minimum absolute atomic E-state index is 0.176. The smallest absolute Gasteiger partial charge is 0.389 e.